The lowest BCUT2D eigenvalue weighted by Gasteiger charge is -2.31. The van der Waals surface area contributed by atoms with Crippen LogP contribution < -0.4 is 5.32 Å². The van der Waals surface area contributed by atoms with Crippen molar-refractivity contribution in [3.05, 3.63) is 29.3 Å². The highest BCUT2D eigenvalue weighted by Gasteiger charge is 2.63. The Kier molecular flexibility index (Phi) is 2.78. The molecule has 0 heterocycles. The van der Waals surface area contributed by atoms with Crippen molar-refractivity contribution in [3.8, 4) is 5.75 Å². The van der Waals surface area contributed by atoms with Crippen molar-refractivity contribution in [1.29, 1.82) is 0 Å². The van der Waals surface area contributed by atoms with Gasteiger partial charge in [0.25, 0.3) is 0 Å². The molecule has 0 radical (unpaired) electrons. The number of nitrogens with one attached hydrogen (secondary N) is 1. The maximum absolute atomic E-state index is 13.0. The van der Waals surface area contributed by atoms with Gasteiger partial charge in [-0.15, -0.1) is 0 Å². The topological polar surface area (TPSA) is 32.3 Å². The van der Waals surface area contributed by atoms with Gasteiger partial charge in [-0.3, -0.25) is 5.32 Å². The molecule has 1 aromatic carbocycles. The summed E-state index contributed by atoms with van der Waals surface area (Å²) < 4.78 is 39.0. The van der Waals surface area contributed by atoms with E-state index in [1.807, 2.05) is 0 Å². The van der Waals surface area contributed by atoms with Crippen molar-refractivity contribution in [2.75, 3.05) is 0 Å². The first-order chi connectivity index (χ1) is 8.91. The first kappa shape index (κ1) is 12.8. The van der Waals surface area contributed by atoms with E-state index in [-0.39, 0.29) is 24.6 Å². The first-order valence-electron chi connectivity index (χ1n) is 6.57. The molecule has 104 valence electrons. The van der Waals surface area contributed by atoms with Crippen molar-refractivity contribution >= 4 is 0 Å². The molecular formula is C14H16F3NO. The number of hydrogen-bond acceptors (Lipinski definition) is 2. The van der Waals surface area contributed by atoms with E-state index < -0.39 is 11.7 Å². The maximum atomic E-state index is 13.0. The lowest BCUT2D eigenvalue weighted by atomic mass is 9.87. The molecule has 0 spiro atoms. The zero-order valence-electron chi connectivity index (χ0n) is 10.4. The minimum atomic E-state index is -4.18. The Bertz CT molecular complexity index is 494. The molecular weight excluding hydrogens is 255 g/mol. The van der Waals surface area contributed by atoms with Gasteiger partial charge in [0.1, 0.15) is 11.3 Å². The van der Waals surface area contributed by atoms with Gasteiger partial charge in [-0.25, -0.2) is 0 Å². The van der Waals surface area contributed by atoms with Gasteiger partial charge in [0, 0.05) is 6.04 Å². The molecule has 2 aliphatic carbocycles. The molecule has 0 saturated heterocycles. The second-order valence-corrected chi connectivity index (χ2v) is 5.55. The van der Waals surface area contributed by atoms with Crippen molar-refractivity contribution in [2.24, 2.45) is 0 Å². The number of phenols is 1. The summed E-state index contributed by atoms with van der Waals surface area (Å²) >= 11 is 0. The molecule has 0 aliphatic heterocycles. The maximum Gasteiger partial charge on any atom is 0.406 e. The quantitative estimate of drug-likeness (QED) is 0.863. The zero-order chi connectivity index (χ0) is 13.7. The molecule has 3 rings (SSSR count). The Hall–Kier alpha value is -1.23. The van der Waals surface area contributed by atoms with Crippen molar-refractivity contribution in [2.45, 2.75) is 49.9 Å². The van der Waals surface area contributed by atoms with Crippen LogP contribution in [0, 0.1) is 0 Å². The van der Waals surface area contributed by atoms with E-state index in [2.05, 4.69) is 5.32 Å². The van der Waals surface area contributed by atoms with Crippen LogP contribution in [0.1, 0.15) is 42.9 Å². The number of aryl methyl sites for hydroxylation is 1. The fraction of sp³-hybridized carbons (Fsp3) is 0.571. The minimum absolute atomic E-state index is 0.167. The highest BCUT2D eigenvalue weighted by molar-refractivity contribution is 5.38. The van der Waals surface area contributed by atoms with Gasteiger partial charge in [-0.05, 0) is 55.4 Å². The molecule has 5 heteroatoms. The van der Waals surface area contributed by atoms with E-state index in [1.165, 1.54) is 0 Å². The van der Waals surface area contributed by atoms with Gasteiger partial charge in [0.05, 0.1) is 0 Å². The smallest absolute Gasteiger partial charge is 0.406 e. The molecule has 0 bridgehead atoms. The standard InChI is InChI=1S/C14H16F3NO/c15-14(16,17)13(6-7-13)18-12-3-1-2-9-8-10(19)4-5-11(9)12/h4-5,8,12,18-19H,1-3,6-7H2. The van der Waals surface area contributed by atoms with Gasteiger partial charge in [-0.1, -0.05) is 6.07 Å². The van der Waals surface area contributed by atoms with Crippen LogP contribution >= 0.6 is 0 Å². The van der Waals surface area contributed by atoms with Crippen LogP contribution in [0.5, 0.6) is 5.75 Å². The predicted molar refractivity (Wildman–Crippen MR) is 64.9 cm³/mol. The molecule has 1 saturated carbocycles. The third kappa shape index (κ3) is 2.20. The van der Waals surface area contributed by atoms with Crippen LogP contribution in [0.4, 0.5) is 13.2 Å². The SMILES string of the molecule is Oc1ccc2c(c1)CCCC2NC1(C(F)(F)F)CC1. The van der Waals surface area contributed by atoms with E-state index in [1.54, 1.807) is 18.2 Å². The number of aromatic hydroxyl groups is 1. The molecule has 2 N–H and O–H groups in total. The van der Waals surface area contributed by atoms with Crippen molar-refractivity contribution in [3.63, 3.8) is 0 Å². The van der Waals surface area contributed by atoms with Crippen LogP contribution in [-0.2, 0) is 6.42 Å². The van der Waals surface area contributed by atoms with E-state index in [9.17, 15) is 18.3 Å². The Morgan fingerprint density at radius 1 is 1.26 bits per heavy atom. The number of hydrogen-bond donors (Lipinski definition) is 2. The lowest BCUT2D eigenvalue weighted by molar-refractivity contribution is -0.168. The summed E-state index contributed by atoms with van der Waals surface area (Å²) in [6.07, 6.45) is -1.46. The first-order valence-corrected chi connectivity index (χ1v) is 6.57. The molecule has 2 nitrogen and oxygen atoms in total. The summed E-state index contributed by atoms with van der Waals surface area (Å²) in [5.74, 6) is 0.177. The fourth-order valence-electron chi connectivity index (χ4n) is 2.92. The molecule has 19 heavy (non-hydrogen) atoms. The average Bonchev–Trinajstić information content (AvgIpc) is 3.09. The Morgan fingerprint density at radius 3 is 2.63 bits per heavy atom. The molecule has 1 unspecified atom stereocenters. The molecule has 0 amide bonds. The van der Waals surface area contributed by atoms with Crippen LogP contribution in [0.15, 0.2) is 18.2 Å². The Labute approximate surface area is 109 Å². The minimum Gasteiger partial charge on any atom is -0.508 e. The number of phenolic OH excluding ortho intramolecular Hbond substituents is 1. The Balaban J connectivity index is 1.85. The largest absolute Gasteiger partial charge is 0.508 e. The summed E-state index contributed by atoms with van der Waals surface area (Å²) in [5.41, 5.74) is 0.186. The van der Waals surface area contributed by atoms with Crippen molar-refractivity contribution in [1.82, 2.24) is 5.32 Å². The van der Waals surface area contributed by atoms with Crippen molar-refractivity contribution < 1.29 is 18.3 Å². The van der Waals surface area contributed by atoms with Crippen LogP contribution in [-0.4, -0.2) is 16.8 Å². The molecule has 1 atom stereocenters. The van der Waals surface area contributed by atoms with Gasteiger partial charge in [0.15, 0.2) is 0 Å². The van der Waals surface area contributed by atoms with E-state index >= 15 is 0 Å². The van der Waals surface area contributed by atoms with Gasteiger partial charge in [0.2, 0.25) is 0 Å². The van der Waals surface area contributed by atoms with Gasteiger partial charge in [-0.2, -0.15) is 13.2 Å². The summed E-state index contributed by atoms with van der Waals surface area (Å²) in [6, 6.07) is 4.70. The highest BCUT2D eigenvalue weighted by atomic mass is 19.4. The monoisotopic (exact) mass is 271 g/mol. The Morgan fingerprint density at radius 2 is 2.00 bits per heavy atom. The summed E-state index contributed by atoms with van der Waals surface area (Å²) in [6.45, 7) is 0. The van der Waals surface area contributed by atoms with E-state index in [4.69, 9.17) is 0 Å². The second kappa shape index (κ2) is 4.13. The average molecular weight is 271 g/mol. The van der Waals surface area contributed by atoms with E-state index in [0.717, 1.165) is 30.4 Å². The van der Waals surface area contributed by atoms with E-state index in [0.29, 0.717) is 0 Å². The zero-order valence-corrected chi connectivity index (χ0v) is 10.4. The fourth-order valence-corrected chi connectivity index (χ4v) is 2.92. The summed E-state index contributed by atoms with van der Waals surface area (Å²) in [5, 5.41) is 12.3. The van der Waals surface area contributed by atoms with Gasteiger partial charge < -0.3 is 5.11 Å². The number of alkyl halides is 3. The van der Waals surface area contributed by atoms with Crippen LogP contribution in [0.3, 0.4) is 0 Å². The summed E-state index contributed by atoms with van der Waals surface area (Å²) in [7, 11) is 0. The predicted octanol–water partition coefficient (Wildman–Crippen LogP) is 3.45. The van der Waals surface area contributed by atoms with Gasteiger partial charge >= 0.3 is 6.18 Å². The number of halogens is 3. The molecule has 1 fully saturated rings. The van der Waals surface area contributed by atoms with Crippen LogP contribution in [0.2, 0.25) is 0 Å². The molecule has 0 aromatic heterocycles. The number of benzene rings is 1. The second-order valence-electron chi connectivity index (χ2n) is 5.55. The number of rotatable bonds is 2. The lowest BCUT2D eigenvalue weighted by Crippen LogP contribution is -2.47. The number of fused-ring (bicyclic) bond motifs is 1. The third-order valence-electron chi connectivity index (χ3n) is 4.18. The van der Waals surface area contributed by atoms with Crippen LogP contribution in [0.25, 0.3) is 0 Å². The normalized spacial score (nSPS) is 24.9. The molecule has 1 aromatic rings. The summed E-state index contributed by atoms with van der Waals surface area (Å²) in [4.78, 5) is 0. The highest BCUT2D eigenvalue weighted by Crippen LogP contribution is 2.51. The third-order valence-corrected chi connectivity index (χ3v) is 4.18. The molecule has 2 aliphatic rings.